The Balaban J connectivity index is 1.67. The van der Waals surface area contributed by atoms with Crippen LogP contribution in [0.3, 0.4) is 0 Å². The molecule has 1 heterocycles. The number of ether oxygens (including phenoxy) is 3. The summed E-state index contributed by atoms with van der Waals surface area (Å²) in [5, 5.41) is 7.68. The molecular weight excluding hydrogens is 405 g/mol. The van der Waals surface area contributed by atoms with Gasteiger partial charge in [0.05, 0.1) is 24.3 Å². The van der Waals surface area contributed by atoms with Gasteiger partial charge in [-0.05, 0) is 36.4 Å². The normalized spacial score (nSPS) is 10.4. The Morgan fingerprint density at radius 3 is 2.43 bits per heavy atom. The van der Waals surface area contributed by atoms with Crippen molar-refractivity contribution in [3.05, 3.63) is 64.4 Å². The Bertz CT molecular complexity index is 969. The standard InChI is InChI=1S/C19H17Cl2N3O4/c1-26-16-4-3-5-17(27-2)18(16)28-11-24-9-8-15(23-24)19(25)22-12-6-7-13(20)14(21)10-12/h3-10H,11H2,1-2H3,(H,22,25). The highest BCUT2D eigenvalue weighted by atomic mass is 35.5. The van der Waals surface area contributed by atoms with Gasteiger partial charge in [-0.15, -0.1) is 0 Å². The number of rotatable bonds is 7. The minimum Gasteiger partial charge on any atom is -0.493 e. The number of benzene rings is 2. The third-order valence-electron chi connectivity index (χ3n) is 3.77. The Hall–Kier alpha value is -2.90. The molecule has 9 heteroatoms. The molecule has 0 aliphatic carbocycles. The van der Waals surface area contributed by atoms with E-state index in [0.29, 0.717) is 33.0 Å². The predicted octanol–water partition coefficient (Wildman–Crippen LogP) is 4.50. The van der Waals surface area contributed by atoms with E-state index in [1.165, 1.54) is 4.68 Å². The van der Waals surface area contributed by atoms with Crippen molar-refractivity contribution in [1.82, 2.24) is 9.78 Å². The number of methoxy groups -OCH3 is 2. The Morgan fingerprint density at radius 2 is 1.79 bits per heavy atom. The molecule has 1 aromatic heterocycles. The second-order valence-corrected chi connectivity index (χ2v) is 6.40. The van der Waals surface area contributed by atoms with Crippen molar-refractivity contribution in [2.45, 2.75) is 6.73 Å². The first kappa shape index (κ1) is 19.9. The fraction of sp³-hybridized carbons (Fsp3) is 0.158. The quantitative estimate of drug-likeness (QED) is 0.607. The molecule has 146 valence electrons. The molecule has 0 radical (unpaired) electrons. The molecule has 3 rings (SSSR count). The molecule has 3 aromatic rings. The van der Waals surface area contributed by atoms with E-state index in [9.17, 15) is 4.79 Å². The predicted molar refractivity (Wildman–Crippen MR) is 107 cm³/mol. The number of nitrogens with zero attached hydrogens (tertiary/aromatic N) is 2. The number of hydrogen-bond donors (Lipinski definition) is 1. The number of para-hydroxylation sites is 1. The van der Waals surface area contributed by atoms with E-state index < -0.39 is 0 Å². The number of carbonyl (C=O) groups is 1. The van der Waals surface area contributed by atoms with Crippen LogP contribution < -0.4 is 19.5 Å². The van der Waals surface area contributed by atoms with Gasteiger partial charge in [-0.3, -0.25) is 4.79 Å². The lowest BCUT2D eigenvalue weighted by molar-refractivity contribution is 0.102. The van der Waals surface area contributed by atoms with Gasteiger partial charge >= 0.3 is 0 Å². The summed E-state index contributed by atoms with van der Waals surface area (Å²) in [5.41, 5.74) is 0.741. The largest absolute Gasteiger partial charge is 0.493 e. The van der Waals surface area contributed by atoms with Crippen molar-refractivity contribution >= 4 is 34.8 Å². The van der Waals surface area contributed by atoms with Gasteiger partial charge in [0.2, 0.25) is 5.75 Å². The molecule has 0 saturated carbocycles. The number of aromatic nitrogens is 2. The molecule has 2 aromatic carbocycles. The van der Waals surface area contributed by atoms with E-state index >= 15 is 0 Å². The van der Waals surface area contributed by atoms with Gasteiger partial charge in [0.15, 0.2) is 23.9 Å². The second kappa shape index (κ2) is 8.86. The average Bonchev–Trinajstić information content (AvgIpc) is 3.18. The molecule has 0 aliphatic rings. The molecule has 1 amide bonds. The maximum absolute atomic E-state index is 12.4. The molecule has 1 N–H and O–H groups in total. The zero-order valence-electron chi connectivity index (χ0n) is 15.1. The van der Waals surface area contributed by atoms with Gasteiger partial charge in [-0.25, -0.2) is 4.68 Å². The molecule has 0 aliphatic heterocycles. The van der Waals surface area contributed by atoms with Crippen molar-refractivity contribution in [3.63, 3.8) is 0 Å². The van der Waals surface area contributed by atoms with Crippen molar-refractivity contribution in [1.29, 1.82) is 0 Å². The number of carbonyl (C=O) groups excluding carboxylic acids is 1. The Labute approximate surface area is 171 Å². The van der Waals surface area contributed by atoms with Crippen LogP contribution in [0.25, 0.3) is 0 Å². The first-order valence-corrected chi connectivity index (χ1v) is 8.91. The smallest absolute Gasteiger partial charge is 0.276 e. The van der Waals surface area contributed by atoms with Crippen LogP contribution >= 0.6 is 23.2 Å². The number of anilines is 1. The minimum absolute atomic E-state index is 0.0663. The van der Waals surface area contributed by atoms with Crippen molar-refractivity contribution in [2.24, 2.45) is 0 Å². The third-order valence-corrected chi connectivity index (χ3v) is 4.51. The Morgan fingerprint density at radius 1 is 1.07 bits per heavy atom. The highest BCUT2D eigenvalue weighted by molar-refractivity contribution is 6.42. The number of hydrogen-bond acceptors (Lipinski definition) is 5. The first-order chi connectivity index (χ1) is 13.5. The van der Waals surface area contributed by atoms with E-state index in [0.717, 1.165) is 0 Å². The molecule has 0 unspecified atom stereocenters. The molecule has 0 atom stereocenters. The maximum atomic E-state index is 12.4. The highest BCUT2D eigenvalue weighted by Crippen LogP contribution is 2.36. The van der Waals surface area contributed by atoms with E-state index in [-0.39, 0.29) is 18.3 Å². The molecular formula is C19H17Cl2N3O4. The topological polar surface area (TPSA) is 74.6 Å². The van der Waals surface area contributed by atoms with E-state index in [1.807, 2.05) is 0 Å². The number of nitrogens with one attached hydrogen (secondary N) is 1. The monoisotopic (exact) mass is 421 g/mol. The van der Waals surface area contributed by atoms with Gasteiger partial charge in [0, 0.05) is 11.9 Å². The van der Waals surface area contributed by atoms with Gasteiger partial charge in [0.25, 0.3) is 5.91 Å². The molecule has 7 nitrogen and oxygen atoms in total. The summed E-state index contributed by atoms with van der Waals surface area (Å²) >= 11 is 11.8. The van der Waals surface area contributed by atoms with Crippen molar-refractivity contribution in [2.75, 3.05) is 19.5 Å². The van der Waals surface area contributed by atoms with Crippen LogP contribution in [0.15, 0.2) is 48.7 Å². The molecule has 0 bridgehead atoms. The van der Waals surface area contributed by atoms with Gasteiger partial charge in [0.1, 0.15) is 0 Å². The molecule has 0 spiro atoms. The summed E-state index contributed by atoms with van der Waals surface area (Å²) in [6.45, 7) is 0.0663. The summed E-state index contributed by atoms with van der Waals surface area (Å²) in [7, 11) is 3.09. The number of halogens is 2. The lowest BCUT2D eigenvalue weighted by atomic mass is 10.3. The van der Waals surface area contributed by atoms with Gasteiger partial charge in [-0.1, -0.05) is 29.3 Å². The summed E-state index contributed by atoms with van der Waals surface area (Å²) in [4.78, 5) is 12.4. The van der Waals surface area contributed by atoms with E-state index in [2.05, 4.69) is 10.4 Å². The summed E-state index contributed by atoms with van der Waals surface area (Å²) < 4.78 is 17.8. The summed E-state index contributed by atoms with van der Waals surface area (Å²) in [5.74, 6) is 1.13. The van der Waals surface area contributed by atoms with Crippen LogP contribution in [-0.2, 0) is 6.73 Å². The number of amides is 1. The fourth-order valence-corrected chi connectivity index (χ4v) is 2.71. The minimum atomic E-state index is -0.382. The van der Waals surface area contributed by atoms with Gasteiger partial charge < -0.3 is 19.5 Å². The van der Waals surface area contributed by atoms with Crippen LogP contribution in [-0.4, -0.2) is 29.9 Å². The zero-order valence-corrected chi connectivity index (χ0v) is 16.6. The van der Waals surface area contributed by atoms with Crippen LogP contribution in [0.5, 0.6) is 17.2 Å². The van der Waals surface area contributed by atoms with Crippen molar-refractivity contribution in [3.8, 4) is 17.2 Å². The first-order valence-electron chi connectivity index (χ1n) is 8.15. The van der Waals surface area contributed by atoms with Crippen LogP contribution in [0, 0.1) is 0 Å². The zero-order chi connectivity index (χ0) is 20.1. The molecule has 0 fully saturated rings. The third kappa shape index (κ3) is 4.49. The van der Waals surface area contributed by atoms with Crippen LogP contribution in [0.2, 0.25) is 10.0 Å². The highest BCUT2D eigenvalue weighted by Gasteiger charge is 2.14. The van der Waals surface area contributed by atoms with Crippen molar-refractivity contribution < 1.29 is 19.0 Å². The van der Waals surface area contributed by atoms with Crippen LogP contribution in [0.4, 0.5) is 5.69 Å². The van der Waals surface area contributed by atoms with E-state index in [1.54, 1.807) is 62.9 Å². The second-order valence-electron chi connectivity index (χ2n) is 5.59. The average molecular weight is 422 g/mol. The summed E-state index contributed by atoms with van der Waals surface area (Å²) in [6.07, 6.45) is 1.63. The van der Waals surface area contributed by atoms with E-state index in [4.69, 9.17) is 37.4 Å². The Kier molecular flexibility index (Phi) is 6.28. The molecule has 28 heavy (non-hydrogen) atoms. The fourth-order valence-electron chi connectivity index (χ4n) is 2.41. The lowest BCUT2D eigenvalue weighted by Crippen LogP contribution is -2.14. The lowest BCUT2D eigenvalue weighted by Gasteiger charge is -2.13. The van der Waals surface area contributed by atoms with Gasteiger partial charge in [-0.2, -0.15) is 5.10 Å². The molecule has 0 saturated heterocycles. The maximum Gasteiger partial charge on any atom is 0.276 e. The SMILES string of the molecule is COc1cccc(OC)c1OCn1ccc(C(=O)Nc2ccc(Cl)c(Cl)c2)n1. The summed E-state index contributed by atoms with van der Waals surface area (Å²) in [6, 6.07) is 11.7. The van der Waals surface area contributed by atoms with Crippen LogP contribution in [0.1, 0.15) is 10.5 Å².